The van der Waals surface area contributed by atoms with E-state index in [1.54, 1.807) is 27.9 Å². The number of rotatable bonds is 4. The number of nitrogens with zero attached hydrogens (tertiary/aromatic N) is 1. The number of carbonyl (C=O) groups excluding carboxylic acids is 1. The smallest absolute Gasteiger partial charge is 0.253 e. The summed E-state index contributed by atoms with van der Waals surface area (Å²) in [5, 5.41) is 0. The maximum Gasteiger partial charge on any atom is 0.253 e. The summed E-state index contributed by atoms with van der Waals surface area (Å²) < 4.78 is 26.2. The Bertz CT molecular complexity index is 519. The second-order valence-electron chi connectivity index (χ2n) is 4.50. The zero-order chi connectivity index (χ0) is 13.9. The van der Waals surface area contributed by atoms with Crippen LogP contribution in [0.5, 0.6) is 0 Å². The highest BCUT2D eigenvalue weighted by Crippen LogP contribution is 2.12. The van der Waals surface area contributed by atoms with E-state index in [1.807, 2.05) is 0 Å². The third-order valence-electron chi connectivity index (χ3n) is 2.21. The van der Waals surface area contributed by atoms with Crippen LogP contribution < -0.4 is 4.72 Å². The van der Waals surface area contributed by atoms with Crippen LogP contribution in [0, 0.1) is 0 Å². The van der Waals surface area contributed by atoms with Crippen LogP contribution in [-0.2, 0) is 10.0 Å². The first-order valence-corrected chi connectivity index (χ1v) is 7.06. The van der Waals surface area contributed by atoms with E-state index in [0.717, 1.165) is 0 Å². The molecule has 0 fully saturated rings. The van der Waals surface area contributed by atoms with E-state index < -0.39 is 10.0 Å². The number of nitrogens with one attached hydrogen (secondary N) is 1. The van der Waals surface area contributed by atoms with Gasteiger partial charge in [0.1, 0.15) is 0 Å². The van der Waals surface area contributed by atoms with Gasteiger partial charge in [-0.3, -0.25) is 4.79 Å². The summed E-state index contributed by atoms with van der Waals surface area (Å²) in [6, 6.07) is 5.72. The molecular formula is C12H18N2O3S. The monoisotopic (exact) mass is 270 g/mol. The molecule has 0 heterocycles. The van der Waals surface area contributed by atoms with Gasteiger partial charge in [0, 0.05) is 25.7 Å². The van der Waals surface area contributed by atoms with Gasteiger partial charge in [-0.15, -0.1) is 0 Å². The number of amides is 1. The van der Waals surface area contributed by atoms with Gasteiger partial charge in [0.25, 0.3) is 5.91 Å². The van der Waals surface area contributed by atoms with E-state index in [-0.39, 0.29) is 16.8 Å². The molecule has 0 aromatic heterocycles. The lowest BCUT2D eigenvalue weighted by Gasteiger charge is -2.12. The van der Waals surface area contributed by atoms with Crippen molar-refractivity contribution in [3.63, 3.8) is 0 Å². The molecule has 0 radical (unpaired) electrons. The number of sulfonamides is 1. The second-order valence-corrected chi connectivity index (χ2v) is 6.21. The second kappa shape index (κ2) is 5.49. The summed E-state index contributed by atoms with van der Waals surface area (Å²) >= 11 is 0. The molecule has 0 saturated heterocycles. The SMILES string of the molecule is CC(C)NS(=O)(=O)c1ccc(C(=O)N(C)C)cc1. The standard InChI is InChI=1S/C12H18N2O3S/c1-9(2)13-18(16,17)11-7-5-10(6-8-11)12(15)14(3)4/h5-9,13H,1-4H3. The molecule has 0 aliphatic carbocycles. The Morgan fingerprint density at radius 2 is 1.67 bits per heavy atom. The van der Waals surface area contributed by atoms with Crippen LogP contribution in [0.3, 0.4) is 0 Å². The number of hydrogen-bond donors (Lipinski definition) is 1. The Morgan fingerprint density at radius 1 is 1.17 bits per heavy atom. The van der Waals surface area contributed by atoms with Crippen molar-refractivity contribution in [2.45, 2.75) is 24.8 Å². The van der Waals surface area contributed by atoms with Gasteiger partial charge < -0.3 is 4.90 Å². The van der Waals surface area contributed by atoms with Crippen molar-refractivity contribution in [2.24, 2.45) is 0 Å². The van der Waals surface area contributed by atoms with Crippen molar-refractivity contribution >= 4 is 15.9 Å². The molecule has 0 bridgehead atoms. The molecule has 100 valence electrons. The Hall–Kier alpha value is -1.40. The van der Waals surface area contributed by atoms with Gasteiger partial charge in [-0.1, -0.05) is 0 Å². The molecule has 0 aliphatic heterocycles. The third-order valence-corrected chi connectivity index (χ3v) is 3.88. The van der Waals surface area contributed by atoms with Crippen LogP contribution >= 0.6 is 0 Å². The first-order chi connectivity index (χ1) is 8.24. The summed E-state index contributed by atoms with van der Waals surface area (Å²) in [6.45, 7) is 3.50. The molecule has 1 rings (SSSR count). The van der Waals surface area contributed by atoms with Gasteiger partial charge in [0.15, 0.2) is 0 Å². The summed E-state index contributed by atoms with van der Waals surface area (Å²) in [5.74, 6) is -0.157. The number of carbonyl (C=O) groups is 1. The molecule has 1 N–H and O–H groups in total. The molecule has 0 atom stereocenters. The molecular weight excluding hydrogens is 252 g/mol. The van der Waals surface area contributed by atoms with Crippen molar-refractivity contribution in [2.75, 3.05) is 14.1 Å². The van der Waals surface area contributed by atoms with Crippen molar-refractivity contribution in [3.8, 4) is 0 Å². The van der Waals surface area contributed by atoms with Gasteiger partial charge >= 0.3 is 0 Å². The number of benzene rings is 1. The van der Waals surface area contributed by atoms with E-state index in [2.05, 4.69) is 4.72 Å². The molecule has 5 nitrogen and oxygen atoms in total. The molecule has 0 saturated carbocycles. The maximum absolute atomic E-state index is 11.9. The minimum atomic E-state index is -3.50. The lowest BCUT2D eigenvalue weighted by molar-refractivity contribution is 0.0827. The van der Waals surface area contributed by atoms with Crippen LogP contribution in [0.4, 0.5) is 0 Å². The van der Waals surface area contributed by atoms with E-state index in [4.69, 9.17) is 0 Å². The summed E-state index contributed by atoms with van der Waals surface area (Å²) in [4.78, 5) is 13.2. The Labute approximate surface area is 108 Å². The fourth-order valence-corrected chi connectivity index (χ4v) is 2.66. The third kappa shape index (κ3) is 3.54. The van der Waals surface area contributed by atoms with E-state index in [0.29, 0.717) is 5.56 Å². The van der Waals surface area contributed by atoms with Gasteiger partial charge in [-0.25, -0.2) is 13.1 Å². The van der Waals surface area contributed by atoms with E-state index >= 15 is 0 Å². The largest absolute Gasteiger partial charge is 0.345 e. The minimum Gasteiger partial charge on any atom is -0.345 e. The lowest BCUT2D eigenvalue weighted by atomic mass is 10.2. The predicted octanol–water partition coefficient (Wildman–Crippen LogP) is 1.08. The molecule has 0 unspecified atom stereocenters. The highest BCUT2D eigenvalue weighted by atomic mass is 32.2. The van der Waals surface area contributed by atoms with Gasteiger partial charge in [-0.05, 0) is 38.1 Å². The van der Waals surface area contributed by atoms with Crippen molar-refractivity contribution in [3.05, 3.63) is 29.8 Å². The van der Waals surface area contributed by atoms with Crippen molar-refractivity contribution in [1.29, 1.82) is 0 Å². The van der Waals surface area contributed by atoms with Gasteiger partial charge in [0.05, 0.1) is 4.90 Å². The zero-order valence-electron chi connectivity index (χ0n) is 11.0. The maximum atomic E-state index is 11.9. The number of hydrogen-bond acceptors (Lipinski definition) is 3. The van der Waals surface area contributed by atoms with Crippen LogP contribution in [0.25, 0.3) is 0 Å². The lowest BCUT2D eigenvalue weighted by Crippen LogP contribution is -2.30. The van der Waals surface area contributed by atoms with Crippen molar-refractivity contribution in [1.82, 2.24) is 9.62 Å². The molecule has 0 spiro atoms. The van der Waals surface area contributed by atoms with Crippen LogP contribution in [0.1, 0.15) is 24.2 Å². The van der Waals surface area contributed by atoms with E-state index in [9.17, 15) is 13.2 Å². The normalized spacial score (nSPS) is 11.6. The van der Waals surface area contributed by atoms with Gasteiger partial charge in [-0.2, -0.15) is 0 Å². The van der Waals surface area contributed by atoms with Gasteiger partial charge in [0.2, 0.25) is 10.0 Å². The zero-order valence-corrected chi connectivity index (χ0v) is 11.8. The van der Waals surface area contributed by atoms with E-state index in [1.165, 1.54) is 29.2 Å². The minimum absolute atomic E-state index is 0.157. The quantitative estimate of drug-likeness (QED) is 0.890. The molecule has 0 aliphatic rings. The molecule has 1 amide bonds. The molecule has 1 aromatic carbocycles. The summed E-state index contributed by atoms with van der Waals surface area (Å²) in [5.41, 5.74) is 0.462. The van der Waals surface area contributed by atoms with Crippen LogP contribution in [0.15, 0.2) is 29.2 Å². The predicted molar refractivity (Wildman–Crippen MR) is 69.9 cm³/mol. The van der Waals surface area contributed by atoms with Crippen LogP contribution in [0.2, 0.25) is 0 Å². The Kier molecular flexibility index (Phi) is 4.48. The first kappa shape index (κ1) is 14.7. The fraction of sp³-hybridized carbons (Fsp3) is 0.417. The topological polar surface area (TPSA) is 66.5 Å². The summed E-state index contributed by atoms with van der Waals surface area (Å²) in [7, 11) is -0.205. The molecule has 18 heavy (non-hydrogen) atoms. The van der Waals surface area contributed by atoms with Crippen molar-refractivity contribution < 1.29 is 13.2 Å². The fourth-order valence-electron chi connectivity index (χ4n) is 1.41. The summed E-state index contributed by atoms with van der Waals surface area (Å²) in [6.07, 6.45) is 0. The first-order valence-electron chi connectivity index (χ1n) is 5.58. The Balaban J connectivity index is 3.00. The average molecular weight is 270 g/mol. The molecule has 1 aromatic rings. The molecule has 6 heteroatoms. The highest BCUT2D eigenvalue weighted by Gasteiger charge is 2.16. The Morgan fingerprint density at radius 3 is 2.06 bits per heavy atom. The van der Waals surface area contributed by atoms with Crippen LogP contribution in [-0.4, -0.2) is 39.4 Å². The highest BCUT2D eigenvalue weighted by molar-refractivity contribution is 7.89. The average Bonchev–Trinajstić information content (AvgIpc) is 2.26.